The summed E-state index contributed by atoms with van der Waals surface area (Å²) in [6, 6.07) is 14.9. The highest BCUT2D eigenvalue weighted by Gasteiger charge is 2.06. The topological polar surface area (TPSA) is 44.8 Å². The van der Waals surface area contributed by atoms with Gasteiger partial charge in [-0.15, -0.1) is 12.6 Å². The fraction of sp³-hybridized carbons (Fsp3) is 0.318. The summed E-state index contributed by atoms with van der Waals surface area (Å²) >= 11 is 4.25. The van der Waals surface area contributed by atoms with Crippen LogP contribution in [0.3, 0.4) is 0 Å². The van der Waals surface area contributed by atoms with Crippen LogP contribution in [0.5, 0.6) is 11.5 Å². The number of thiol groups is 1. The third kappa shape index (κ3) is 9.00. The summed E-state index contributed by atoms with van der Waals surface area (Å²) in [5.41, 5.74) is 1.05. The van der Waals surface area contributed by atoms with Gasteiger partial charge in [0.15, 0.2) is 0 Å². The Bertz CT molecular complexity index is 801. The number of carbonyl (C=O) groups is 1. The van der Waals surface area contributed by atoms with Gasteiger partial charge in [-0.2, -0.15) is 8.78 Å². The van der Waals surface area contributed by atoms with Gasteiger partial charge >= 0.3 is 5.97 Å². The zero-order valence-corrected chi connectivity index (χ0v) is 17.1. The van der Waals surface area contributed by atoms with Crippen LogP contribution in [0.25, 0.3) is 0 Å². The predicted molar refractivity (Wildman–Crippen MR) is 110 cm³/mol. The number of halogens is 2. The third-order valence-electron chi connectivity index (χ3n) is 4.04. The van der Waals surface area contributed by atoms with Gasteiger partial charge < -0.3 is 14.2 Å². The molecule has 0 spiro atoms. The smallest absolute Gasteiger partial charge is 0.305 e. The second kappa shape index (κ2) is 12.1. The van der Waals surface area contributed by atoms with Gasteiger partial charge in [0.2, 0.25) is 0 Å². The van der Waals surface area contributed by atoms with E-state index in [4.69, 9.17) is 14.2 Å². The van der Waals surface area contributed by atoms with E-state index in [2.05, 4.69) is 12.6 Å². The van der Waals surface area contributed by atoms with E-state index in [9.17, 15) is 13.6 Å². The molecule has 2 rings (SSSR count). The molecule has 156 valence electrons. The van der Waals surface area contributed by atoms with Gasteiger partial charge in [-0.3, -0.25) is 4.79 Å². The average Bonchev–Trinajstić information content (AvgIpc) is 2.71. The fourth-order valence-corrected chi connectivity index (χ4v) is 2.52. The Hall–Kier alpha value is -2.54. The van der Waals surface area contributed by atoms with Crippen LogP contribution in [-0.4, -0.2) is 19.2 Å². The standard InChI is InChI=1S/C22H24F2O4S/c1-16(22(23)24)3-2-4-21(25)27-14-13-26-18-7-9-19(10-8-18)28-15-17-5-11-20(29)12-6-17/h5-12,29H,2-4,13-15H2,1H3. The van der Waals surface area contributed by atoms with E-state index in [0.717, 1.165) is 10.5 Å². The summed E-state index contributed by atoms with van der Waals surface area (Å²) in [6.45, 7) is 2.12. The van der Waals surface area contributed by atoms with E-state index < -0.39 is 12.0 Å². The number of carbonyl (C=O) groups excluding carboxylic acids is 1. The van der Waals surface area contributed by atoms with Crippen LogP contribution in [0.2, 0.25) is 0 Å². The van der Waals surface area contributed by atoms with Crippen molar-refractivity contribution in [1.82, 2.24) is 0 Å². The molecule has 0 unspecified atom stereocenters. The lowest BCUT2D eigenvalue weighted by molar-refractivity contribution is -0.144. The number of ether oxygens (including phenoxy) is 3. The zero-order valence-electron chi connectivity index (χ0n) is 16.2. The quantitative estimate of drug-likeness (QED) is 0.282. The second-order valence-corrected chi connectivity index (χ2v) is 6.91. The van der Waals surface area contributed by atoms with Crippen LogP contribution < -0.4 is 9.47 Å². The van der Waals surface area contributed by atoms with Gasteiger partial charge in [-0.25, -0.2) is 0 Å². The van der Waals surface area contributed by atoms with E-state index in [1.54, 1.807) is 24.3 Å². The van der Waals surface area contributed by atoms with Crippen molar-refractivity contribution in [2.75, 3.05) is 13.2 Å². The van der Waals surface area contributed by atoms with Crippen LogP contribution in [0, 0.1) is 0 Å². The first kappa shape index (κ1) is 22.7. The molecule has 0 aromatic heterocycles. The van der Waals surface area contributed by atoms with E-state index in [1.807, 2.05) is 24.3 Å². The molecule has 0 heterocycles. The van der Waals surface area contributed by atoms with Crippen molar-refractivity contribution < 1.29 is 27.8 Å². The lowest BCUT2D eigenvalue weighted by atomic mass is 10.1. The maximum absolute atomic E-state index is 12.3. The number of benzene rings is 2. The van der Waals surface area contributed by atoms with Crippen molar-refractivity contribution >= 4 is 18.6 Å². The number of hydrogen-bond donors (Lipinski definition) is 1. The Morgan fingerprint density at radius 2 is 1.52 bits per heavy atom. The summed E-state index contributed by atoms with van der Waals surface area (Å²) in [4.78, 5) is 12.5. The lowest BCUT2D eigenvalue weighted by Crippen LogP contribution is -2.12. The molecule has 0 atom stereocenters. The maximum atomic E-state index is 12.3. The minimum Gasteiger partial charge on any atom is -0.490 e. The van der Waals surface area contributed by atoms with Crippen molar-refractivity contribution in [3.63, 3.8) is 0 Å². The monoisotopic (exact) mass is 422 g/mol. The molecule has 0 N–H and O–H groups in total. The SMILES string of the molecule is CC(CCCC(=O)OCCOc1ccc(OCc2ccc(S)cc2)cc1)=C(F)F. The van der Waals surface area contributed by atoms with Crippen molar-refractivity contribution in [3.05, 3.63) is 65.7 Å². The Balaban J connectivity index is 1.61. The fourth-order valence-electron chi connectivity index (χ4n) is 2.37. The molecule has 0 aliphatic carbocycles. The second-order valence-electron chi connectivity index (χ2n) is 6.39. The highest BCUT2D eigenvalue weighted by molar-refractivity contribution is 7.80. The van der Waals surface area contributed by atoms with Crippen molar-refractivity contribution in [2.24, 2.45) is 0 Å². The van der Waals surface area contributed by atoms with E-state index in [-0.39, 0.29) is 31.6 Å². The number of rotatable bonds is 11. The summed E-state index contributed by atoms with van der Waals surface area (Å²) in [7, 11) is 0. The summed E-state index contributed by atoms with van der Waals surface area (Å²) < 4.78 is 40.8. The molecule has 0 radical (unpaired) electrons. The van der Waals surface area contributed by atoms with Gasteiger partial charge in [0.1, 0.15) is 31.3 Å². The molecule has 0 fully saturated rings. The normalized spacial score (nSPS) is 10.3. The Morgan fingerprint density at radius 3 is 2.14 bits per heavy atom. The molecular formula is C22H24F2O4S. The van der Waals surface area contributed by atoms with Crippen molar-refractivity contribution in [2.45, 2.75) is 37.7 Å². The minimum absolute atomic E-state index is 0.00382. The molecule has 0 amide bonds. The van der Waals surface area contributed by atoms with Crippen LogP contribution >= 0.6 is 12.6 Å². The van der Waals surface area contributed by atoms with Crippen molar-refractivity contribution in [1.29, 1.82) is 0 Å². The minimum atomic E-state index is -1.68. The first-order valence-electron chi connectivity index (χ1n) is 9.24. The Morgan fingerprint density at radius 1 is 0.897 bits per heavy atom. The van der Waals surface area contributed by atoms with Gasteiger partial charge in [0.05, 0.1) is 0 Å². The molecule has 0 aliphatic heterocycles. The van der Waals surface area contributed by atoms with Gasteiger partial charge in [-0.05, 0) is 67.3 Å². The number of allylic oxidation sites excluding steroid dienone is 1. The molecular weight excluding hydrogens is 398 g/mol. The predicted octanol–water partition coefficient (Wildman–Crippen LogP) is 5.82. The molecule has 7 heteroatoms. The largest absolute Gasteiger partial charge is 0.490 e. The zero-order chi connectivity index (χ0) is 21.1. The van der Waals surface area contributed by atoms with Crippen molar-refractivity contribution in [3.8, 4) is 11.5 Å². The van der Waals surface area contributed by atoms with Crippen LogP contribution in [-0.2, 0) is 16.1 Å². The van der Waals surface area contributed by atoms with Crippen LogP contribution in [0.1, 0.15) is 31.7 Å². The molecule has 2 aromatic carbocycles. The summed E-state index contributed by atoms with van der Waals surface area (Å²) in [5, 5.41) is 0. The first-order chi connectivity index (χ1) is 13.9. The summed E-state index contributed by atoms with van der Waals surface area (Å²) in [6.07, 6.45) is -1.06. The molecule has 0 aliphatic rings. The van der Waals surface area contributed by atoms with Crippen LogP contribution in [0.4, 0.5) is 8.78 Å². The molecule has 29 heavy (non-hydrogen) atoms. The van der Waals surface area contributed by atoms with E-state index in [0.29, 0.717) is 24.5 Å². The number of hydrogen-bond acceptors (Lipinski definition) is 5. The Kier molecular flexibility index (Phi) is 9.50. The molecule has 0 saturated heterocycles. The highest BCUT2D eigenvalue weighted by Crippen LogP contribution is 2.19. The Labute approximate surface area is 174 Å². The number of esters is 1. The summed E-state index contributed by atoms with van der Waals surface area (Å²) in [5.74, 6) is 0.926. The average molecular weight is 422 g/mol. The van der Waals surface area contributed by atoms with Gasteiger partial charge in [-0.1, -0.05) is 12.1 Å². The molecule has 4 nitrogen and oxygen atoms in total. The first-order valence-corrected chi connectivity index (χ1v) is 9.68. The highest BCUT2D eigenvalue weighted by atomic mass is 32.1. The molecule has 0 saturated carbocycles. The van der Waals surface area contributed by atoms with Crippen LogP contribution in [0.15, 0.2) is 65.1 Å². The maximum Gasteiger partial charge on any atom is 0.305 e. The van der Waals surface area contributed by atoms with E-state index in [1.165, 1.54) is 6.92 Å². The lowest BCUT2D eigenvalue weighted by Gasteiger charge is -2.09. The van der Waals surface area contributed by atoms with Gasteiger partial charge in [0, 0.05) is 11.3 Å². The van der Waals surface area contributed by atoms with E-state index >= 15 is 0 Å². The molecule has 0 bridgehead atoms. The third-order valence-corrected chi connectivity index (χ3v) is 4.33. The van der Waals surface area contributed by atoms with Gasteiger partial charge in [0.25, 0.3) is 6.08 Å². The molecule has 2 aromatic rings.